The Balaban J connectivity index is 1.41. The van der Waals surface area contributed by atoms with Crippen molar-refractivity contribution in [3.8, 4) is 28.1 Å². The zero-order chi connectivity index (χ0) is 21.5. The first-order valence-corrected chi connectivity index (χ1v) is 11.1. The van der Waals surface area contributed by atoms with Crippen molar-refractivity contribution in [3.63, 3.8) is 0 Å². The number of carbonyl (C=O) groups is 2. The van der Waals surface area contributed by atoms with Gasteiger partial charge in [-0.1, -0.05) is 6.07 Å². The largest absolute Gasteiger partial charge is 0.492 e. The summed E-state index contributed by atoms with van der Waals surface area (Å²) in [5.74, 6) is 0.729. The quantitative estimate of drug-likeness (QED) is 0.680. The fourth-order valence-electron chi connectivity index (χ4n) is 4.14. The van der Waals surface area contributed by atoms with E-state index in [-0.39, 0.29) is 17.9 Å². The lowest BCUT2D eigenvalue weighted by molar-refractivity contribution is -0.129. The van der Waals surface area contributed by atoms with Crippen LogP contribution in [0.2, 0.25) is 0 Å². The molecule has 9 heteroatoms. The second-order valence-corrected chi connectivity index (χ2v) is 8.99. The molecule has 31 heavy (non-hydrogen) atoms. The van der Waals surface area contributed by atoms with Crippen molar-refractivity contribution in [2.45, 2.75) is 25.8 Å². The Hall–Kier alpha value is -3.20. The summed E-state index contributed by atoms with van der Waals surface area (Å²) < 4.78 is 5.99. The molecule has 1 saturated heterocycles. The number of thiazole rings is 1. The lowest BCUT2D eigenvalue weighted by Gasteiger charge is -2.23. The van der Waals surface area contributed by atoms with Crippen molar-refractivity contribution in [2.75, 3.05) is 26.7 Å². The molecule has 4 heterocycles. The van der Waals surface area contributed by atoms with Crippen LogP contribution in [0.5, 0.6) is 5.75 Å². The Morgan fingerprint density at radius 1 is 1.32 bits per heavy atom. The number of aromatic nitrogens is 3. The van der Waals surface area contributed by atoms with E-state index in [1.807, 2.05) is 29.3 Å². The number of nitrogens with zero attached hydrogens (tertiary/aromatic N) is 4. The molecule has 1 aromatic carbocycles. The minimum Gasteiger partial charge on any atom is -0.492 e. The number of ether oxygens (including phenoxy) is 1. The second kappa shape index (κ2) is 7.81. The highest BCUT2D eigenvalue weighted by molar-refractivity contribution is 7.14. The lowest BCUT2D eigenvalue weighted by atomic mass is 10.0. The van der Waals surface area contributed by atoms with Crippen LogP contribution in [0, 0.1) is 0 Å². The van der Waals surface area contributed by atoms with E-state index in [0.717, 1.165) is 39.4 Å². The molecule has 2 aliphatic heterocycles. The highest BCUT2D eigenvalue weighted by Crippen LogP contribution is 2.40. The fourth-order valence-corrected chi connectivity index (χ4v) is 5.16. The van der Waals surface area contributed by atoms with Gasteiger partial charge in [0.05, 0.1) is 24.5 Å². The van der Waals surface area contributed by atoms with Gasteiger partial charge in [-0.3, -0.25) is 14.7 Å². The molecule has 5 rings (SSSR count). The van der Waals surface area contributed by atoms with E-state index in [2.05, 4.69) is 10.2 Å². The maximum Gasteiger partial charge on any atom is 0.282 e. The van der Waals surface area contributed by atoms with Crippen molar-refractivity contribution in [2.24, 2.45) is 0 Å². The van der Waals surface area contributed by atoms with Crippen LogP contribution in [0.15, 0.2) is 30.6 Å². The molecule has 0 saturated carbocycles. The van der Waals surface area contributed by atoms with Crippen LogP contribution in [-0.2, 0) is 11.2 Å². The predicted octanol–water partition coefficient (Wildman–Crippen LogP) is 2.83. The molecule has 0 bridgehead atoms. The van der Waals surface area contributed by atoms with Gasteiger partial charge in [-0.25, -0.2) is 4.98 Å². The highest BCUT2D eigenvalue weighted by atomic mass is 32.1. The smallest absolute Gasteiger partial charge is 0.282 e. The summed E-state index contributed by atoms with van der Waals surface area (Å²) in [5, 5.41) is 7.34. The number of H-pyrrole nitrogens is 1. The van der Waals surface area contributed by atoms with E-state index in [9.17, 15) is 9.59 Å². The van der Waals surface area contributed by atoms with E-state index >= 15 is 0 Å². The number of likely N-dealkylation sites (tertiary alicyclic amines) is 1. The maximum atomic E-state index is 13.1. The van der Waals surface area contributed by atoms with Gasteiger partial charge >= 0.3 is 0 Å². The number of fused-ring (bicyclic) bond motifs is 3. The summed E-state index contributed by atoms with van der Waals surface area (Å²) in [6.07, 6.45) is 5.12. The van der Waals surface area contributed by atoms with Gasteiger partial charge in [0.1, 0.15) is 5.75 Å². The number of amides is 2. The van der Waals surface area contributed by atoms with Gasteiger partial charge < -0.3 is 14.5 Å². The Kier molecular flexibility index (Phi) is 4.97. The third-order valence-electron chi connectivity index (χ3n) is 6.03. The molecular formula is C22H23N5O3S. The molecule has 2 aliphatic rings. The van der Waals surface area contributed by atoms with Crippen molar-refractivity contribution in [3.05, 3.63) is 40.5 Å². The van der Waals surface area contributed by atoms with E-state index in [0.29, 0.717) is 31.1 Å². The van der Waals surface area contributed by atoms with E-state index in [4.69, 9.17) is 9.72 Å². The zero-order valence-electron chi connectivity index (χ0n) is 17.4. The molecule has 2 amide bonds. The molecule has 2 aromatic heterocycles. The van der Waals surface area contributed by atoms with Gasteiger partial charge in [0, 0.05) is 55.7 Å². The number of aromatic amines is 1. The summed E-state index contributed by atoms with van der Waals surface area (Å²) in [4.78, 5) is 34.1. The molecule has 1 unspecified atom stereocenters. The lowest BCUT2D eigenvalue weighted by Crippen LogP contribution is -2.38. The van der Waals surface area contributed by atoms with Gasteiger partial charge in [0.2, 0.25) is 5.91 Å². The van der Waals surface area contributed by atoms with Crippen LogP contribution in [-0.4, -0.2) is 69.6 Å². The van der Waals surface area contributed by atoms with Crippen molar-refractivity contribution < 1.29 is 14.3 Å². The van der Waals surface area contributed by atoms with Crippen molar-refractivity contribution >= 4 is 23.2 Å². The number of rotatable bonds is 3. The molecular weight excluding hydrogens is 414 g/mol. The van der Waals surface area contributed by atoms with E-state index < -0.39 is 0 Å². The van der Waals surface area contributed by atoms with Crippen LogP contribution < -0.4 is 4.74 Å². The van der Waals surface area contributed by atoms with Crippen LogP contribution >= 0.6 is 11.3 Å². The van der Waals surface area contributed by atoms with Gasteiger partial charge in [0.15, 0.2) is 5.01 Å². The Morgan fingerprint density at radius 2 is 2.19 bits per heavy atom. The summed E-state index contributed by atoms with van der Waals surface area (Å²) in [7, 11) is 1.79. The molecule has 0 spiro atoms. The Bertz CT molecular complexity index is 1140. The molecule has 0 aliphatic carbocycles. The van der Waals surface area contributed by atoms with Crippen LogP contribution in [0.1, 0.15) is 28.0 Å². The molecule has 1 fully saturated rings. The minimum atomic E-state index is -0.0602. The van der Waals surface area contributed by atoms with Gasteiger partial charge in [-0.2, -0.15) is 5.10 Å². The zero-order valence-corrected chi connectivity index (χ0v) is 18.2. The number of nitrogens with one attached hydrogen (secondary N) is 1. The second-order valence-electron chi connectivity index (χ2n) is 7.91. The maximum absolute atomic E-state index is 13.1. The Morgan fingerprint density at radius 3 is 2.97 bits per heavy atom. The molecule has 160 valence electrons. The number of benzene rings is 1. The number of likely N-dealkylation sites (N-methyl/N-ethyl adjacent to an activating group) is 1. The van der Waals surface area contributed by atoms with Crippen LogP contribution in [0.25, 0.3) is 22.4 Å². The third kappa shape index (κ3) is 3.59. The van der Waals surface area contributed by atoms with Crippen LogP contribution in [0.4, 0.5) is 0 Å². The summed E-state index contributed by atoms with van der Waals surface area (Å²) in [6, 6.07) is 6.09. The summed E-state index contributed by atoms with van der Waals surface area (Å²) in [5.41, 5.74) is 3.74. The summed E-state index contributed by atoms with van der Waals surface area (Å²) >= 11 is 1.45. The average Bonchev–Trinajstić information content (AvgIpc) is 3.52. The van der Waals surface area contributed by atoms with Crippen molar-refractivity contribution in [1.82, 2.24) is 25.0 Å². The SMILES string of the molecule is CC(=O)N(C)C1CCN(C(=O)c2nc3c(s2)CCOc2cc(-c4cn[nH]c4)ccc2-3)C1. The topological polar surface area (TPSA) is 91.4 Å². The number of hydrogen-bond donors (Lipinski definition) is 1. The standard InChI is InChI=1S/C22H23N5O3S/c1-13(28)26(2)16-5-7-27(12-16)22(29)21-25-20-17-4-3-14(15-10-23-24-11-15)9-18(17)30-8-6-19(20)31-21/h3-4,9-11,16H,5-8,12H2,1-2H3,(H,23,24). The highest BCUT2D eigenvalue weighted by Gasteiger charge is 2.33. The summed E-state index contributed by atoms with van der Waals surface area (Å²) in [6.45, 7) is 3.28. The third-order valence-corrected chi connectivity index (χ3v) is 7.13. The number of hydrogen-bond acceptors (Lipinski definition) is 6. The molecule has 1 N–H and O–H groups in total. The van der Waals surface area contributed by atoms with E-state index in [1.54, 1.807) is 25.1 Å². The average molecular weight is 438 g/mol. The first-order valence-electron chi connectivity index (χ1n) is 10.3. The minimum absolute atomic E-state index is 0.0201. The molecule has 3 aromatic rings. The van der Waals surface area contributed by atoms with E-state index in [1.165, 1.54) is 11.3 Å². The molecule has 1 atom stereocenters. The molecule has 0 radical (unpaired) electrons. The number of carbonyl (C=O) groups excluding carboxylic acids is 2. The van der Waals surface area contributed by atoms with Crippen LogP contribution in [0.3, 0.4) is 0 Å². The predicted molar refractivity (Wildman–Crippen MR) is 117 cm³/mol. The first-order chi connectivity index (χ1) is 15.0. The monoisotopic (exact) mass is 437 g/mol. The Labute approximate surface area is 183 Å². The van der Waals surface area contributed by atoms with Gasteiger partial charge in [-0.15, -0.1) is 11.3 Å². The van der Waals surface area contributed by atoms with Crippen molar-refractivity contribution in [1.29, 1.82) is 0 Å². The molecule has 8 nitrogen and oxygen atoms in total. The fraction of sp³-hybridized carbons (Fsp3) is 0.364. The van der Waals surface area contributed by atoms with Gasteiger partial charge in [0.25, 0.3) is 5.91 Å². The normalized spacial score (nSPS) is 17.5. The van der Waals surface area contributed by atoms with Gasteiger partial charge in [-0.05, 0) is 24.1 Å². The first kappa shape index (κ1) is 19.7.